The molecular formula is C10H15ClN2OS. The number of aromatic nitrogens is 2. The van der Waals surface area contributed by atoms with E-state index in [0.29, 0.717) is 10.9 Å². The summed E-state index contributed by atoms with van der Waals surface area (Å²) in [5, 5.41) is 0.377. The lowest BCUT2D eigenvalue weighted by molar-refractivity contribution is 0.405. The molecule has 84 valence electrons. The van der Waals surface area contributed by atoms with Crippen LogP contribution in [0.5, 0.6) is 5.75 Å². The second kappa shape index (κ2) is 4.58. The van der Waals surface area contributed by atoms with Crippen LogP contribution in [0.25, 0.3) is 0 Å². The van der Waals surface area contributed by atoms with Crippen molar-refractivity contribution in [2.45, 2.75) is 25.5 Å². The Hall–Kier alpha value is -0.480. The van der Waals surface area contributed by atoms with Gasteiger partial charge in [-0.3, -0.25) is 0 Å². The molecule has 0 bridgehead atoms. The Morgan fingerprint density at radius 2 is 1.93 bits per heavy atom. The second-order valence-corrected chi connectivity index (χ2v) is 5.46. The van der Waals surface area contributed by atoms with E-state index >= 15 is 0 Å². The summed E-state index contributed by atoms with van der Waals surface area (Å²) in [5.41, 5.74) is 0.773. The molecule has 1 aromatic heterocycles. The average molecular weight is 247 g/mol. The van der Waals surface area contributed by atoms with E-state index in [9.17, 15) is 0 Å². The van der Waals surface area contributed by atoms with E-state index in [-0.39, 0.29) is 4.75 Å². The highest BCUT2D eigenvalue weighted by Gasteiger charge is 2.24. The van der Waals surface area contributed by atoms with Gasteiger partial charge in [-0.1, -0.05) is 11.6 Å². The maximum absolute atomic E-state index is 6.01. The molecule has 0 saturated carbocycles. The topological polar surface area (TPSA) is 35.0 Å². The maximum Gasteiger partial charge on any atom is 0.177 e. The molecule has 0 saturated heterocycles. The Morgan fingerprint density at radius 3 is 2.33 bits per heavy atom. The van der Waals surface area contributed by atoms with Gasteiger partial charge in [-0.2, -0.15) is 11.8 Å². The van der Waals surface area contributed by atoms with Crippen LogP contribution in [-0.2, 0) is 4.75 Å². The van der Waals surface area contributed by atoms with Gasteiger partial charge < -0.3 is 4.74 Å². The summed E-state index contributed by atoms with van der Waals surface area (Å²) < 4.78 is 4.98. The fourth-order valence-corrected chi connectivity index (χ4v) is 1.69. The van der Waals surface area contributed by atoms with Gasteiger partial charge in [0.2, 0.25) is 0 Å². The summed E-state index contributed by atoms with van der Waals surface area (Å²) in [4.78, 5) is 8.66. The molecule has 3 nitrogen and oxygen atoms in total. The number of halogens is 1. The largest absolute Gasteiger partial charge is 0.492 e. The van der Waals surface area contributed by atoms with Crippen LogP contribution in [0, 0.1) is 6.92 Å². The molecule has 0 aliphatic rings. The van der Waals surface area contributed by atoms with Crippen LogP contribution < -0.4 is 4.74 Å². The third-order valence-electron chi connectivity index (χ3n) is 2.25. The zero-order chi connectivity index (χ0) is 11.6. The minimum atomic E-state index is -0.138. The van der Waals surface area contributed by atoms with Crippen molar-refractivity contribution < 1.29 is 4.74 Å². The normalized spacial score (nSPS) is 11.6. The van der Waals surface area contributed by atoms with Crippen LogP contribution in [0.3, 0.4) is 0 Å². The number of aryl methyl sites for hydroxylation is 1. The Morgan fingerprint density at radius 1 is 1.33 bits per heavy atom. The van der Waals surface area contributed by atoms with E-state index in [4.69, 9.17) is 16.3 Å². The zero-order valence-corrected chi connectivity index (χ0v) is 11.2. The quantitative estimate of drug-likeness (QED) is 0.768. The Bertz CT molecular complexity index is 345. The SMILES string of the molecule is COc1c(C)nc(C(C)(C)SC)nc1Cl. The van der Waals surface area contributed by atoms with Crippen molar-refractivity contribution in [1.82, 2.24) is 9.97 Å². The number of nitrogens with zero attached hydrogens (tertiary/aromatic N) is 2. The molecule has 0 radical (unpaired) electrons. The summed E-state index contributed by atoms with van der Waals surface area (Å²) in [5.74, 6) is 1.29. The minimum absolute atomic E-state index is 0.138. The molecule has 0 aromatic carbocycles. The van der Waals surface area contributed by atoms with Gasteiger partial charge in [0.05, 0.1) is 17.6 Å². The number of thioether (sulfide) groups is 1. The van der Waals surface area contributed by atoms with Crippen molar-refractivity contribution in [2.75, 3.05) is 13.4 Å². The van der Waals surface area contributed by atoms with Gasteiger partial charge in [0.15, 0.2) is 10.9 Å². The van der Waals surface area contributed by atoms with Gasteiger partial charge in [-0.15, -0.1) is 0 Å². The summed E-state index contributed by atoms with van der Waals surface area (Å²) >= 11 is 7.70. The van der Waals surface area contributed by atoms with Gasteiger partial charge in [-0.25, -0.2) is 9.97 Å². The summed E-state index contributed by atoms with van der Waals surface area (Å²) in [7, 11) is 1.57. The van der Waals surface area contributed by atoms with Gasteiger partial charge in [0.1, 0.15) is 5.82 Å². The monoisotopic (exact) mass is 246 g/mol. The maximum atomic E-state index is 6.01. The molecule has 0 fully saturated rings. The van der Waals surface area contributed by atoms with Crippen molar-refractivity contribution in [2.24, 2.45) is 0 Å². The Balaban J connectivity index is 3.26. The molecular weight excluding hydrogens is 232 g/mol. The van der Waals surface area contributed by atoms with E-state index in [1.165, 1.54) is 0 Å². The molecule has 0 unspecified atom stereocenters. The van der Waals surface area contributed by atoms with Crippen molar-refractivity contribution in [3.8, 4) is 5.75 Å². The predicted molar refractivity (Wildman–Crippen MR) is 64.9 cm³/mol. The van der Waals surface area contributed by atoms with Gasteiger partial charge in [0.25, 0.3) is 0 Å². The molecule has 0 N–H and O–H groups in total. The number of hydrogen-bond acceptors (Lipinski definition) is 4. The molecule has 1 heterocycles. The first-order valence-electron chi connectivity index (χ1n) is 4.56. The predicted octanol–water partition coefficient (Wildman–Crippen LogP) is 3.05. The third-order valence-corrected chi connectivity index (χ3v) is 3.71. The Labute approximate surface area is 99.6 Å². The van der Waals surface area contributed by atoms with E-state index in [1.54, 1.807) is 18.9 Å². The van der Waals surface area contributed by atoms with Crippen molar-refractivity contribution in [1.29, 1.82) is 0 Å². The van der Waals surface area contributed by atoms with Crippen LogP contribution in [0.4, 0.5) is 0 Å². The van der Waals surface area contributed by atoms with Crippen molar-refractivity contribution in [3.63, 3.8) is 0 Å². The van der Waals surface area contributed by atoms with Crippen LogP contribution in [0.15, 0.2) is 0 Å². The first kappa shape index (κ1) is 12.6. The molecule has 0 amide bonds. The van der Waals surface area contributed by atoms with Gasteiger partial charge in [-0.05, 0) is 27.0 Å². The number of methoxy groups -OCH3 is 1. The summed E-state index contributed by atoms with van der Waals surface area (Å²) in [6.45, 7) is 6.00. The molecule has 0 atom stereocenters. The van der Waals surface area contributed by atoms with E-state index < -0.39 is 0 Å². The van der Waals surface area contributed by atoms with Crippen LogP contribution in [-0.4, -0.2) is 23.3 Å². The zero-order valence-electron chi connectivity index (χ0n) is 9.59. The van der Waals surface area contributed by atoms with Gasteiger partial charge >= 0.3 is 0 Å². The van der Waals surface area contributed by atoms with E-state index in [1.807, 2.05) is 13.2 Å². The van der Waals surface area contributed by atoms with Gasteiger partial charge in [0, 0.05) is 0 Å². The number of rotatable bonds is 3. The second-order valence-electron chi connectivity index (χ2n) is 3.67. The van der Waals surface area contributed by atoms with Crippen LogP contribution in [0.1, 0.15) is 25.4 Å². The third kappa shape index (κ3) is 2.55. The lowest BCUT2D eigenvalue weighted by Gasteiger charge is -2.21. The lowest BCUT2D eigenvalue weighted by Crippen LogP contribution is -2.17. The standard InChI is InChI=1S/C10H15ClN2OS/c1-6-7(14-4)8(11)13-9(12-6)10(2,3)15-5/h1-5H3. The first-order valence-corrected chi connectivity index (χ1v) is 6.16. The van der Waals surface area contributed by atoms with Crippen molar-refractivity contribution in [3.05, 3.63) is 16.7 Å². The molecule has 0 spiro atoms. The minimum Gasteiger partial charge on any atom is -0.492 e. The molecule has 0 aliphatic carbocycles. The first-order chi connectivity index (χ1) is 6.92. The highest BCUT2D eigenvalue weighted by molar-refractivity contribution is 7.99. The number of ether oxygens (including phenoxy) is 1. The Kier molecular flexibility index (Phi) is 3.84. The molecule has 0 aliphatic heterocycles. The fourth-order valence-electron chi connectivity index (χ4n) is 1.12. The van der Waals surface area contributed by atoms with E-state index in [2.05, 4.69) is 23.8 Å². The summed E-state index contributed by atoms with van der Waals surface area (Å²) in [6, 6.07) is 0. The fraction of sp³-hybridized carbons (Fsp3) is 0.600. The number of hydrogen-bond donors (Lipinski definition) is 0. The molecule has 15 heavy (non-hydrogen) atoms. The van der Waals surface area contributed by atoms with Crippen molar-refractivity contribution >= 4 is 23.4 Å². The molecule has 1 aromatic rings. The smallest absolute Gasteiger partial charge is 0.177 e. The van der Waals surface area contributed by atoms with Crippen LogP contribution >= 0.6 is 23.4 Å². The highest BCUT2D eigenvalue weighted by atomic mass is 35.5. The highest BCUT2D eigenvalue weighted by Crippen LogP contribution is 2.34. The average Bonchev–Trinajstić information content (AvgIpc) is 2.17. The molecule has 5 heteroatoms. The van der Waals surface area contributed by atoms with E-state index in [0.717, 1.165) is 11.5 Å². The molecule has 1 rings (SSSR count). The lowest BCUT2D eigenvalue weighted by atomic mass is 10.2. The summed E-state index contributed by atoms with van der Waals surface area (Å²) in [6.07, 6.45) is 2.02. The van der Waals surface area contributed by atoms with Crippen LogP contribution in [0.2, 0.25) is 5.15 Å².